The van der Waals surface area contributed by atoms with Gasteiger partial charge in [-0.25, -0.2) is 14.8 Å². The lowest BCUT2D eigenvalue weighted by atomic mass is 10.2. The van der Waals surface area contributed by atoms with Crippen LogP contribution >= 0.6 is 11.3 Å². The molecular formula is C10H7N3O2S. The number of carboxylic acid groups (broad SMARTS) is 1. The van der Waals surface area contributed by atoms with E-state index in [1.54, 1.807) is 12.4 Å². The third-order valence-electron chi connectivity index (χ3n) is 2.45. The number of fused-ring (bicyclic) bond motifs is 3. The van der Waals surface area contributed by atoms with E-state index in [1.807, 2.05) is 6.08 Å². The molecule has 0 saturated heterocycles. The zero-order valence-electron chi connectivity index (χ0n) is 8.12. The molecule has 80 valence electrons. The molecule has 5 nitrogen and oxygen atoms in total. The third-order valence-corrected chi connectivity index (χ3v) is 3.51. The van der Waals surface area contributed by atoms with Gasteiger partial charge in [0.1, 0.15) is 11.2 Å². The fourth-order valence-corrected chi connectivity index (χ4v) is 2.76. The predicted molar refractivity (Wildman–Crippen MR) is 60.3 cm³/mol. The molecule has 16 heavy (non-hydrogen) atoms. The van der Waals surface area contributed by atoms with Crippen molar-refractivity contribution in [3.63, 3.8) is 0 Å². The van der Waals surface area contributed by atoms with Crippen LogP contribution in [0.2, 0.25) is 0 Å². The number of thiophene rings is 1. The number of carbonyl (C=O) groups is 1. The molecule has 3 rings (SSSR count). The van der Waals surface area contributed by atoms with Gasteiger partial charge in [-0.15, -0.1) is 11.3 Å². The summed E-state index contributed by atoms with van der Waals surface area (Å²) in [6.45, 7) is 0.378. The smallest absolute Gasteiger partial charge is 0.411 e. The Morgan fingerprint density at radius 3 is 3.25 bits per heavy atom. The molecule has 0 unspecified atom stereocenters. The quantitative estimate of drug-likeness (QED) is 0.706. The molecule has 0 atom stereocenters. The van der Waals surface area contributed by atoms with Crippen molar-refractivity contribution in [3.05, 3.63) is 22.3 Å². The van der Waals surface area contributed by atoms with Crippen LogP contribution in [-0.4, -0.2) is 32.6 Å². The Kier molecular flexibility index (Phi) is 1.90. The molecule has 0 aliphatic carbocycles. The molecule has 0 spiro atoms. The Hall–Kier alpha value is -1.95. The highest BCUT2D eigenvalue weighted by Gasteiger charge is 2.12. The van der Waals surface area contributed by atoms with Crippen LogP contribution in [0.15, 0.2) is 12.5 Å². The molecule has 2 aromatic heterocycles. The van der Waals surface area contributed by atoms with Gasteiger partial charge in [-0.2, -0.15) is 0 Å². The van der Waals surface area contributed by atoms with E-state index in [2.05, 4.69) is 9.97 Å². The SMILES string of the molecule is O=C(O)N1C=c2sc3ncncc3c2=CC1. The third kappa shape index (κ3) is 1.27. The number of aromatic nitrogens is 2. The average Bonchev–Trinajstić information content (AvgIpc) is 2.66. The molecule has 1 aliphatic heterocycles. The summed E-state index contributed by atoms with van der Waals surface area (Å²) >= 11 is 1.48. The van der Waals surface area contributed by atoms with Gasteiger partial charge in [-0.3, -0.25) is 4.90 Å². The first kappa shape index (κ1) is 9.29. The Morgan fingerprint density at radius 2 is 2.44 bits per heavy atom. The minimum atomic E-state index is -0.939. The normalized spacial score (nSPS) is 14.1. The Morgan fingerprint density at radius 1 is 1.56 bits per heavy atom. The van der Waals surface area contributed by atoms with Crippen molar-refractivity contribution in [1.82, 2.24) is 14.9 Å². The van der Waals surface area contributed by atoms with Crippen LogP contribution in [0, 0.1) is 0 Å². The first-order chi connectivity index (χ1) is 7.75. The largest absolute Gasteiger partial charge is 0.465 e. The maximum Gasteiger partial charge on any atom is 0.411 e. The average molecular weight is 233 g/mol. The molecule has 0 radical (unpaired) electrons. The van der Waals surface area contributed by atoms with Gasteiger partial charge in [-0.1, -0.05) is 6.08 Å². The summed E-state index contributed by atoms with van der Waals surface area (Å²) in [6.07, 6.45) is 5.86. The summed E-state index contributed by atoms with van der Waals surface area (Å²) in [6, 6.07) is 0. The molecular weight excluding hydrogens is 226 g/mol. The van der Waals surface area contributed by atoms with Crippen LogP contribution in [0.5, 0.6) is 0 Å². The van der Waals surface area contributed by atoms with Gasteiger partial charge in [0.05, 0.1) is 4.53 Å². The minimum absolute atomic E-state index is 0.378. The second-order valence-electron chi connectivity index (χ2n) is 3.39. The second-order valence-corrected chi connectivity index (χ2v) is 4.42. The van der Waals surface area contributed by atoms with Crippen LogP contribution in [0.1, 0.15) is 0 Å². The number of amides is 1. The van der Waals surface area contributed by atoms with E-state index >= 15 is 0 Å². The van der Waals surface area contributed by atoms with E-state index in [4.69, 9.17) is 5.11 Å². The van der Waals surface area contributed by atoms with Crippen LogP contribution in [0.4, 0.5) is 4.79 Å². The molecule has 1 amide bonds. The summed E-state index contributed by atoms with van der Waals surface area (Å²) in [5, 5.41) is 10.9. The highest BCUT2D eigenvalue weighted by molar-refractivity contribution is 7.16. The number of hydrogen-bond acceptors (Lipinski definition) is 4. The number of nitrogens with zero attached hydrogens (tertiary/aromatic N) is 3. The van der Waals surface area contributed by atoms with Crippen LogP contribution < -0.4 is 9.75 Å². The Bertz CT molecular complexity index is 692. The lowest BCUT2D eigenvalue weighted by Gasteiger charge is -2.13. The maximum absolute atomic E-state index is 10.8. The van der Waals surface area contributed by atoms with Crippen molar-refractivity contribution in [2.45, 2.75) is 0 Å². The van der Waals surface area contributed by atoms with E-state index in [0.29, 0.717) is 6.54 Å². The van der Waals surface area contributed by atoms with Crippen molar-refractivity contribution >= 4 is 39.9 Å². The predicted octanol–water partition coefficient (Wildman–Crippen LogP) is 0.203. The number of hydrogen-bond donors (Lipinski definition) is 1. The van der Waals surface area contributed by atoms with Gasteiger partial charge in [0.2, 0.25) is 0 Å². The zero-order valence-corrected chi connectivity index (χ0v) is 8.94. The molecule has 3 heterocycles. The van der Waals surface area contributed by atoms with Crippen molar-refractivity contribution in [3.8, 4) is 0 Å². The Balaban J connectivity index is 2.33. The lowest BCUT2D eigenvalue weighted by Crippen LogP contribution is -2.35. The van der Waals surface area contributed by atoms with Crippen LogP contribution in [0.3, 0.4) is 0 Å². The van der Waals surface area contributed by atoms with Crippen molar-refractivity contribution in [1.29, 1.82) is 0 Å². The second kappa shape index (κ2) is 3.28. The molecule has 1 N–H and O–H groups in total. The topological polar surface area (TPSA) is 66.3 Å². The van der Waals surface area contributed by atoms with Crippen molar-refractivity contribution < 1.29 is 9.90 Å². The zero-order chi connectivity index (χ0) is 11.1. The standard InChI is InChI=1S/C10H7N3O2S/c14-10(15)13-2-1-6-7-3-11-5-12-9(7)16-8(6)4-13/h1,3-5H,2H2,(H,14,15). The van der Waals surface area contributed by atoms with Crippen LogP contribution in [-0.2, 0) is 0 Å². The summed E-state index contributed by atoms with van der Waals surface area (Å²) in [5.74, 6) is 0. The molecule has 1 aliphatic rings. The van der Waals surface area contributed by atoms with Crippen LogP contribution in [0.25, 0.3) is 22.5 Å². The van der Waals surface area contributed by atoms with Crippen molar-refractivity contribution in [2.75, 3.05) is 6.54 Å². The van der Waals surface area contributed by atoms with Gasteiger partial charge < -0.3 is 5.11 Å². The highest BCUT2D eigenvalue weighted by atomic mass is 32.1. The molecule has 6 heteroatoms. The van der Waals surface area contributed by atoms with E-state index < -0.39 is 6.09 Å². The van der Waals surface area contributed by atoms with E-state index in [1.165, 1.54) is 22.6 Å². The van der Waals surface area contributed by atoms with E-state index in [9.17, 15) is 4.79 Å². The minimum Gasteiger partial charge on any atom is -0.465 e. The van der Waals surface area contributed by atoms with Gasteiger partial charge in [0.25, 0.3) is 0 Å². The first-order valence-corrected chi connectivity index (χ1v) is 5.47. The van der Waals surface area contributed by atoms with Gasteiger partial charge in [-0.05, 0) is 0 Å². The van der Waals surface area contributed by atoms with E-state index in [0.717, 1.165) is 20.0 Å². The van der Waals surface area contributed by atoms with Gasteiger partial charge in [0, 0.05) is 29.5 Å². The van der Waals surface area contributed by atoms with E-state index in [-0.39, 0.29) is 0 Å². The van der Waals surface area contributed by atoms with Gasteiger partial charge in [0.15, 0.2) is 0 Å². The fraction of sp³-hybridized carbons (Fsp3) is 0.100. The monoisotopic (exact) mass is 233 g/mol. The summed E-state index contributed by atoms with van der Waals surface area (Å²) < 4.78 is 0.921. The van der Waals surface area contributed by atoms with Crippen molar-refractivity contribution in [2.24, 2.45) is 0 Å². The lowest BCUT2D eigenvalue weighted by molar-refractivity contribution is 0.172. The molecule has 0 aromatic carbocycles. The highest BCUT2D eigenvalue weighted by Crippen LogP contribution is 2.09. The molecule has 0 saturated carbocycles. The maximum atomic E-state index is 10.8. The molecule has 2 aromatic rings. The Labute approximate surface area is 94.0 Å². The van der Waals surface area contributed by atoms with Gasteiger partial charge >= 0.3 is 6.09 Å². The fourth-order valence-electron chi connectivity index (χ4n) is 1.70. The first-order valence-electron chi connectivity index (χ1n) is 4.66. The summed E-state index contributed by atoms with van der Waals surface area (Å²) in [4.78, 5) is 21.1. The number of rotatable bonds is 0. The summed E-state index contributed by atoms with van der Waals surface area (Å²) in [7, 11) is 0. The molecule has 0 fully saturated rings. The summed E-state index contributed by atoms with van der Waals surface area (Å²) in [5.41, 5.74) is 0. The molecule has 0 bridgehead atoms.